The minimum absolute atomic E-state index is 0.334. The van der Waals surface area contributed by atoms with Gasteiger partial charge in [0.1, 0.15) is 0 Å². The van der Waals surface area contributed by atoms with Crippen LogP contribution in [0.4, 0.5) is 0 Å². The molecule has 0 saturated carbocycles. The number of hydrogen-bond acceptors (Lipinski definition) is 5. The summed E-state index contributed by atoms with van der Waals surface area (Å²) < 4.78 is 13.0. The van der Waals surface area contributed by atoms with Crippen molar-refractivity contribution in [2.75, 3.05) is 72.1 Å². The predicted molar refractivity (Wildman–Crippen MR) is 176 cm³/mol. The molecule has 5 nitrogen and oxygen atoms in total. The molecule has 0 aliphatic rings. The topological polar surface area (TPSA) is 28.2 Å². The van der Waals surface area contributed by atoms with Crippen molar-refractivity contribution in [1.82, 2.24) is 14.7 Å². The largest absolute Gasteiger partial charge is 0.394 e. The molecule has 0 amide bonds. The first-order chi connectivity index (χ1) is 18.9. The van der Waals surface area contributed by atoms with Crippen molar-refractivity contribution in [2.45, 2.75) is 139 Å². The van der Waals surface area contributed by atoms with Crippen molar-refractivity contribution < 1.29 is 8.85 Å². The van der Waals surface area contributed by atoms with Crippen molar-refractivity contribution in [3.05, 3.63) is 0 Å². The second-order valence-electron chi connectivity index (χ2n) is 11.9. The SMILES string of the molecule is CCCN(CCC)CCC(CCN(CCC)CCC)(CCN(CCC)CCC)CC[Si](CC)(OCC)OCC. The van der Waals surface area contributed by atoms with E-state index in [2.05, 4.69) is 77.0 Å². The van der Waals surface area contributed by atoms with Gasteiger partial charge in [-0.1, -0.05) is 48.5 Å². The van der Waals surface area contributed by atoms with Gasteiger partial charge in [-0.3, -0.25) is 0 Å². The Bertz CT molecular complexity index is 463. The van der Waals surface area contributed by atoms with Crippen LogP contribution in [0.3, 0.4) is 0 Å². The van der Waals surface area contributed by atoms with Crippen LogP contribution >= 0.6 is 0 Å². The first-order valence-corrected chi connectivity index (χ1v) is 19.5. The van der Waals surface area contributed by atoms with Gasteiger partial charge >= 0.3 is 8.56 Å². The summed E-state index contributed by atoms with van der Waals surface area (Å²) in [5.41, 5.74) is 0.334. The highest BCUT2D eigenvalue weighted by molar-refractivity contribution is 6.67. The van der Waals surface area contributed by atoms with E-state index in [1.165, 1.54) is 123 Å². The molecule has 0 unspecified atom stereocenters. The van der Waals surface area contributed by atoms with Crippen LogP contribution in [0, 0.1) is 5.41 Å². The van der Waals surface area contributed by atoms with Crippen LogP contribution in [-0.4, -0.2) is 95.4 Å². The Labute approximate surface area is 248 Å². The normalized spacial score (nSPS) is 12.9. The van der Waals surface area contributed by atoms with Gasteiger partial charge in [-0.05, 0) is 154 Å². The van der Waals surface area contributed by atoms with Crippen LogP contribution < -0.4 is 0 Å². The van der Waals surface area contributed by atoms with Gasteiger partial charge in [0.2, 0.25) is 0 Å². The zero-order valence-electron chi connectivity index (χ0n) is 28.4. The average molecular weight is 572 g/mol. The monoisotopic (exact) mass is 572 g/mol. The minimum atomic E-state index is -2.18. The summed E-state index contributed by atoms with van der Waals surface area (Å²) in [6.45, 7) is 33.2. The van der Waals surface area contributed by atoms with Gasteiger partial charge in [-0.2, -0.15) is 0 Å². The molecule has 0 rings (SSSR count). The van der Waals surface area contributed by atoms with Crippen molar-refractivity contribution >= 4 is 8.56 Å². The van der Waals surface area contributed by atoms with E-state index < -0.39 is 8.56 Å². The van der Waals surface area contributed by atoms with Crippen LogP contribution in [0.15, 0.2) is 0 Å². The Balaban J connectivity index is 6.23. The van der Waals surface area contributed by atoms with Gasteiger partial charge in [0.25, 0.3) is 0 Å². The van der Waals surface area contributed by atoms with Gasteiger partial charge in [0, 0.05) is 13.2 Å². The molecule has 0 spiro atoms. The Morgan fingerprint density at radius 2 is 0.744 bits per heavy atom. The molecule has 0 aromatic carbocycles. The Kier molecular flexibility index (Phi) is 24.6. The molecule has 0 atom stereocenters. The summed E-state index contributed by atoms with van der Waals surface area (Å²) in [4.78, 5) is 8.24. The van der Waals surface area contributed by atoms with E-state index in [9.17, 15) is 0 Å². The van der Waals surface area contributed by atoms with Crippen molar-refractivity contribution in [3.63, 3.8) is 0 Å². The first-order valence-electron chi connectivity index (χ1n) is 17.3. The number of rotatable bonds is 29. The molecule has 0 radical (unpaired) electrons. The van der Waals surface area contributed by atoms with Crippen LogP contribution in [0.2, 0.25) is 12.1 Å². The van der Waals surface area contributed by atoms with Gasteiger partial charge < -0.3 is 23.6 Å². The molecule has 0 saturated heterocycles. The highest BCUT2D eigenvalue weighted by Crippen LogP contribution is 2.40. The summed E-state index contributed by atoms with van der Waals surface area (Å²) >= 11 is 0. The van der Waals surface area contributed by atoms with Crippen LogP contribution in [0.25, 0.3) is 0 Å². The maximum atomic E-state index is 6.51. The minimum Gasteiger partial charge on any atom is -0.394 e. The van der Waals surface area contributed by atoms with Gasteiger partial charge in [0.15, 0.2) is 0 Å². The highest BCUT2D eigenvalue weighted by atomic mass is 28.4. The fourth-order valence-electron chi connectivity index (χ4n) is 6.39. The molecule has 0 aromatic rings. The van der Waals surface area contributed by atoms with Crippen LogP contribution in [0.1, 0.15) is 127 Å². The Hall–Kier alpha value is 0.0169. The third kappa shape index (κ3) is 16.9. The molecule has 0 aliphatic heterocycles. The third-order valence-corrected chi connectivity index (χ3v) is 12.2. The lowest BCUT2D eigenvalue weighted by molar-refractivity contribution is 0.108. The molecule has 0 aliphatic carbocycles. The summed E-state index contributed by atoms with van der Waals surface area (Å²) in [5.74, 6) is 0. The Morgan fingerprint density at radius 3 is 0.974 bits per heavy atom. The summed E-state index contributed by atoms with van der Waals surface area (Å²) in [7, 11) is -2.18. The fourth-order valence-corrected chi connectivity index (χ4v) is 9.49. The van der Waals surface area contributed by atoms with Crippen molar-refractivity contribution in [2.24, 2.45) is 5.41 Å². The van der Waals surface area contributed by atoms with E-state index in [0.29, 0.717) is 5.41 Å². The molecule has 39 heavy (non-hydrogen) atoms. The Morgan fingerprint density at radius 1 is 0.436 bits per heavy atom. The van der Waals surface area contributed by atoms with E-state index >= 15 is 0 Å². The molecular weight excluding hydrogens is 498 g/mol. The molecule has 6 heteroatoms. The van der Waals surface area contributed by atoms with Gasteiger partial charge in [-0.25, -0.2) is 0 Å². The molecule has 0 fully saturated rings. The van der Waals surface area contributed by atoms with E-state index in [-0.39, 0.29) is 0 Å². The molecule has 236 valence electrons. The summed E-state index contributed by atoms with van der Waals surface area (Å²) in [5, 5.41) is 0. The van der Waals surface area contributed by atoms with E-state index in [1.807, 2.05) is 0 Å². The lowest BCUT2D eigenvalue weighted by atomic mass is 9.75. The lowest BCUT2D eigenvalue weighted by Crippen LogP contribution is -2.44. The lowest BCUT2D eigenvalue weighted by Gasteiger charge is -2.41. The van der Waals surface area contributed by atoms with Crippen molar-refractivity contribution in [3.8, 4) is 0 Å². The molecule has 0 N–H and O–H groups in total. The molecule has 0 aromatic heterocycles. The zero-order valence-corrected chi connectivity index (χ0v) is 29.4. The smallest absolute Gasteiger partial charge is 0.337 e. The van der Waals surface area contributed by atoms with Gasteiger partial charge in [0.05, 0.1) is 0 Å². The van der Waals surface area contributed by atoms with Crippen LogP contribution in [-0.2, 0) is 8.85 Å². The number of hydrogen-bond donors (Lipinski definition) is 0. The summed E-state index contributed by atoms with van der Waals surface area (Å²) in [6.07, 6.45) is 12.6. The standard InChI is InChI=1S/C33H73N3O2Si/c1-10-23-34(24-11-2)29-19-33(20-30-35(25-12-3)26-13-4,21-31-36(27-14-5)28-15-6)22-32-39(18-9,37-16-7)38-17-8/h10-32H2,1-9H3. The highest BCUT2D eigenvalue weighted by Gasteiger charge is 2.40. The first kappa shape index (κ1) is 39.0. The fraction of sp³-hybridized carbons (Fsp3) is 1.00. The second-order valence-corrected chi connectivity index (χ2v) is 15.5. The second kappa shape index (κ2) is 24.6. The van der Waals surface area contributed by atoms with Gasteiger partial charge in [-0.15, -0.1) is 0 Å². The quantitative estimate of drug-likeness (QED) is 0.0840. The summed E-state index contributed by atoms with van der Waals surface area (Å²) in [6, 6.07) is 2.19. The van der Waals surface area contributed by atoms with E-state index in [4.69, 9.17) is 8.85 Å². The maximum absolute atomic E-state index is 6.51. The average Bonchev–Trinajstić information content (AvgIpc) is 2.92. The van der Waals surface area contributed by atoms with E-state index in [1.54, 1.807) is 0 Å². The predicted octanol–water partition coefficient (Wildman–Crippen LogP) is 8.43. The molecular formula is C33H73N3O2Si. The van der Waals surface area contributed by atoms with Crippen LogP contribution in [0.5, 0.6) is 0 Å². The molecule has 0 bridgehead atoms. The number of nitrogens with zero attached hydrogens (tertiary/aromatic N) is 3. The molecule has 0 heterocycles. The maximum Gasteiger partial charge on any atom is 0.337 e. The van der Waals surface area contributed by atoms with E-state index in [0.717, 1.165) is 25.3 Å². The zero-order chi connectivity index (χ0) is 29.4. The third-order valence-electron chi connectivity index (χ3n) is 8.50. The van der Waals surface area contributed by atoms with Crippen molar-refractivity contribution in [1.29, 1.82) is 0 Å².